The monoisotopic (exact) mass is 312 g/mol. The Morgan fingerprint density at radius 1 is 1.04 bits per heavy atom. The van der Waals surface area contributed by atoms with Gasteiger partial charge in [-0.2, -0.15) is 0 Å². The summed E-state index contributed by atoms with van der Waals surface area (Å²) in [5.74, 6) is -0.614. The van der Waals surface area contributed by atoms with Gasteiger partial charge in [0.25, 0.3) is 5.91 Å². The summed E-state index contributed by atoms with van der Waals surface area (Å²) in [4.78, 5) is 25.5. The molecule has 0 aliphatic carbocycles. The molecule has 0 aliphatic rings. The van der Waals surface area contributed by atoms with E-state index in [1.807, 2.05) is 36.4 Å². The standard InChI is InChI=1S/C18H20N2O3/c1-20(15-10-6-3-7-11-15)16(21)12-13-19-18(23)17(22)14-8-4-2-5-9-14/h2-11,17,22H,12-13H2,1H3,(H,19,23). The second kappa shape index (κ2) is 8.10. The van der Waals surface area contributed by atoms with Crippen molar-refractivity contribution in [3.8, 4) is 0 Å². The van der Waals surface area contributed by atoms with Gasteiger partial charge < -0.3 is 15.3 Å². The maximum atomic E-state index is 12.1. The molecule has 0 spiro atoms. The molecule has 1 unspecified atom stereocenters. The summed E-state index contributed by atoms with van der Waals surface area (Å²) in [6, 6.07) is 18.0. The number of carbonyl (C=O) groups excluding carboxylic acids is 2. The van der Waals surface area contributed by atoms with Crippen molar-refractivity contribution in [2.24, 2.45) is 0 Å². The number of para-hydroxylation sites is 1. The average Bonchev–Trinajstić information content (AvgIpc) is 2.61. The van der Waals surface area contributed by atoms with Crippen LogP contribution in [0.1, 0.15) is 18.1 Å². The molecular weight excluding hydrogens is 292 g/mol. The van der Waals surface area contributed by atoms with Crippen LogP contribution in [0.2, 0.25) is 0 Å². The highest BCUT2D eigenvalue weighted by molar-refractivity contribution is 5.93. The van der Waals surface area contributed by atoms with Crippen LogP contribution in [0.4, 0.5) is 5.69 Å². The Bertz CT molecular complexity index is 586. The van der Waals surface area contributed by atoms with Crippen molar-refractivity contribution >= 4 is 17.5 Å². The lowest BCUT2D eigenvalue weighted by atomic mass is 10.1. The van der Waals surface area contributed by atoms with E-state index in [4.69, 9.17) is 0 Å². The number of carbonyl (C=O) groups is 2. The summed E-state index contributed by atoms with van der Waals surface area (Å²) in [6.07, 6.45) is -1.06. The highest BCUT2D eigenvalue weighted by Crippen LogP contribution is 2.13. The van der Waals surface area contributed by atoms with E-state index in [2.05, 4.69) is 5.32 Å². The third-order valence-corrected chi connectivity index (χ3v) is 3.52. The first-order chi connectivity index (χ1) is 11.1. The maximum absolute atomic E-state index is 12.1. The van der Waals surface area contributed by atoms with E-state index < -0.39 is 12.0 Å². The number of rotatable bonds is 6. The highest BCUT2D eigenvalue weighted by atomic mass is 16.3. The molecule has 1 atom stereocenters. The fraction of sp³-hybridized carbons (Fsp3) is 0.222. The van der Waals surface area contributed by atoms with Crippen LogP contribution in [-0.4, -0.2) is 30.5 Å². The molecule has 0 radical (unpaired) electrons. The maximum Gasteiger partial charge on any atom is 0.253 e. The summed E-state index contributed by atoms with van der Waals surface area (Å²) in [7, 11) is 1.69. The number of aliphatic hydroxyl groups is 1. The van der Waals surface area contributed by atoms with Crippen molar-refractivity contribution in [2.45, 2.75) is 12.5 Å². The molecular formula is C18H20N2O3. The van der Waals surface area contributed by atoms with Gasteiger partial charge in [0.05, 0.1) is 0 Å². The van der Waals surface area contributed by atoms with Crippen molar-refractivity contribution in [1.82, 2.24) is 5.32 Å². The Hall–Kier alpha value is -2.66. The first kappa shape index (κ1) is 16.7. The zero-order valence-corrected chi connectivity index (χ0v) is 13.0. The second-order valence-electron chi connectivity index (χ2n) is 5.14. The van der Waals surface area contributed by atoms with E-state index in [0.717, 1.165) is 5.69 Å². The van der Waals surface area contributed by atoms with Crippen molar-refractivity contribution in [1.29, 1.82) is 0 Å². The van der Waals surface area contributed by atoms with E-state index in [1.54, 1.807) is 36.2 Å². The predicted octanol–water partition coefficient (Wildman–Crippen LogP) is 1.89. The number of amides is 2. The average molecular weight is 312 g/mol. The van der Waals surface area contributed by atoms with Gasteiger partial charge in [0.2, 0.25) is 5.91 Å². The number of benzene rings is 2. The van der Waals surface area contributed by atoms with E-state index in [1.165, 1.54) is 0 Å². The van der Waals surface area contributed by atoms with Crippen LogP contribution in [0.3, 0.4) is 0 Å². The van der Waals surface area contributed by atoms with Gasteiger partial charge >= 0.3 is 0 Å². The number of hydrogen-bond donors (Lipinski definition) is 2. The third kappa shape index (κ3) is 4.66. The van der Waals surface area contributed by atoms with Gasteiger partial charge in [-0.25, -0.2) is 0 Å². The van der Waals surface area contributed by atoms with E-state index in [9.17, 15) is 14.7 Å². The summed E-state index contributed by atoms with van der Waals surface area (Å²) in [5.41, 5.74) is 1.32. The van der Waals surface area contributed by atoms with Gasteiger partial charge in [-0.1, -0.05) is 48.5 Å². The molecule has 2 aromatic rings. The number of aliphatic hydroxyl groups excluding tert-OH is 1. The van der Waals surface area contributed by atoms with Gasteiger partial charge in [-0.05, 0) is 17.7 Å². The molecule has 2 amide bonds. The van der Waals surface area contributed by atoms with Crippen LogP contribution in [-0.2, 0) is 9.59 Å². The Labute approximate surface area is 135 Å². The van der Waals surface area contributed by atoms with E-state index in [-0.39, 0.29) is 18.9 Å². The van der Waals surface area contributed by atoms with E-state index >= 15 is 0 Å². The highest BCUT2D eigenvalue weighted by Gasteiger charge is 2.17. The van der Waals surface area contributed by atoms with Gasteiger partial charge in [0.15, 0.2) is 6.10 Å². The quantitative estimate of drug-likeness (QED) is 0.856. The molecule has 0 saturated carbocycles. The fourth-order valence-corrected chi connectivity index (χ4v) is 2.14. The van der Waals surface area contributed by atoms with Crippen LogP contribution in [0, 0.1) is 0 Å². The Morgan fingerprint density at radius 3 is 2.22 bits per heavy atom. The molecule has 0 heterocycles. The Morgan fingerprint density at radius 2 is 1.61 bits per heavy atom. The summed E-state index contributed by atoms with van der Waals surface area (Å²) in [6.45, 7) is 0.179. The molecule has 0 bridgehead atoms. The number of nitrogens with one attached hydrogen (secondary N) is 1. The Kier molecular flexibility index (Phi) is 5.88. The predicted molar refractivity (Wildman–Crippen MR) is 88.9 cm³/mol. The van der Waals surface area contributed by atoms with Crippen LogP contribution < -0.4 is 10.2 Å². The molecule has 2 aromatic carbocycles. The lowest BCUT2D eigenvalue weighted by Gasteiger charge is -2.17. The largest absolute Gasteiger partial charge is 0.378 e. The molecule has 0 saturated heterocycles. The molecule has 2 N–H and O–H groups in total. The van der Waals surface area contributed by atoms with Gasteiger partial charge in [0, 0.05) is 25.7 Å². The van der Waals surface area contributed by atoms with Gasteiger partial charge in [-0.15, -0.1) is 0 Å². The molecule has 0 fully saturated rings. The first-order valence-corrected chi connectivity index (χ1v) is 7.42. The van der Waals surface area contributed by atoms with E-state index in [0.29, 0.717) is 5.56 Å². The van der Waals surface area contributed by atoms with Crippen LogP contribution in [0.15, 0.2) is 60.7 Å². The van der Waals surface area contributed by atoms with Crippen molar-refractivity contribution in [3.05, 3.63) is 66.2 Å². The molecule has 2 rings (SSSR count). The summed E-state index contributed by atoms with van der Waals surface area (Å²) >= 11 is 0. The van der Waals surface area contributed by atoms with Crippen LogP contribution in [0.5, 0.6) is 0 Å². The molecule has 0 aromatic heterocycles. The summed E-state index contributed by atoms with van der Waals surface area (Å²) < 4.78 is 0. The molecule has 5 heteroatoms. The minimum Gasteiger partial charge on any atom is -0.378 e. The van der Waals surface area contributed by atoms with Gasteiger partial charge in [-0.3, -0.25) is 9.59 Å². The zero-order valence-electron chi connectivity index (χ0n) is 13.0. The Balaban J connectivity index is 1.80. The number of nitrogens with zero attached hydrogens (tertiary/aromatic N) is 1. The second-order valence-corrected chi connectivity index (χ2v) is 5.14. The molecule has 120 valence electrons. The zero-order chi connectivity index (χ0) is 16.7. The first-order valence-electron chi connectivity index (χ1n) is 7.42. The molecule has 23 heavy (non-hydrogen) atoms. The van der Waals surface area contributed by atoms with Crippen LogP contribution in [0.25, 0.3) is 0 Å². The van der Waals surface area contributed by atoms with Crippen molar-refractivity contribution in [3.63, 3.8) is 0 Å². The fourth-order valence-electron chi connectivity index (χ4n) is 2.14. The van der Waals surface area contributed by atoms with Crippen molar-refractivity contribution < 1.29 is 14.7 Å². The smallest absolute Gasteiger partial charge is 0.253 e. The SMILES string of the molecule is CN(C(=O)CCNC(=O)C(O)c1ccccc1)c1ccccc1. The van der Waals surface area contributed by atoms with Crippen LogP contribution >= 0.6 is 0 Å². The minimum absolute atomic E-state index is 0.106. The number of anilines is 1. The van der Waals surface area contributed by atoms with Gasteiger partial charge in [0.1, 0.15) is 0 Å². The lowest BCUT2D eigenvalue weighted by molar-refractivity contribution is -0.129. The third-order valence-electron chi connectivity index (χ3n) is 3.52. The molecule has 0 aliphatic heterocycles. The topological polar surface area (TPSA) is 69.6 Å². The number of hydrogen-bond acceptors (Lipinski definition) is 3. The van der Waals surface area contributed by atoms with Crippen molar-refractivity contribution in [2.75, 3.05) is 18.5 Å². The lowest BCUT2D eigenvalue weighted by Crippen LogP contribution is -2.34. The summed E-state index contributed by atoms with van der Waals surface area (Å²) in [5, 5.41) is 12.5. The normalized spacial score (nSPS) is 11.6. The molecule has 5 nitrogen and oxygen atoms in total. The minimum atomic E-state index is -1.22.